The fraction of sp³-hybridized carbons (Fsp3) is 0.591. The lowest BCUT2D eigenvalue weighted by Crippen LogP contribution is -2.29. The first-order chi connectivity index (χ1) is 13.0. The van der Waals surface area contributed by atoms with Crippen LogP contribution in [0.25, 0.3) is 0 Å². The Morgan fingerprint density at radius 1 is 1.11 bits per heavy atom. The predicted octanol–water partition coefficient (Wildman–Crippen LogP) is 4.99. The molecule has 0 heterocycles. The van der Waals surface area contributed by atoms with E-state index in [1.54, 1.807) is 7.11 Å². The maximum atomic E-state index is 6.34. The highest BCUT2D eigenvalue weighted by atomic mass is 16.6. The Kier molecular flexibility index (Phi) is 8.65. The van der Waals surface area contributed by atoms with Crippen molar-refractivity contribution in [2.45, 2.75) is 65.6 Å². The Labute approximate surface area is 163 Å². The van der Waals surface area contributed by atoms with Crippen molar-refractivity contribution in [3.63, 3.8) is 0 Å². The molecule has 0 bridgehead atoms. The zero-order valence-electron chi connectivity index (χ0n) is 17.3. The molecule has 5 heteroatoms. The maximum absolute atomic E-state index is 6.34. The Morgan fingerprint density at radius 3 is 2.33 bits per heavy atom. The summed E-state index contributed by atoms with van der Waals surface area (Å²) >= 11 is 0. The molecular formula is C22H33NO4. The van der Waals surface area contributed by atoms with E-state index in [1.807, 2.05) is 26.0 Å². The average molecular weight is 376 g/mol. The van der Waals surface area contributed by atoms with Gasteiger partial charge >= 0.3 is 0 Å². The number of aryl methyl sites for hydroxylation is 2. The van der Waals surface area contributed by atoms with Crippen molar-refractivity contribution in [1.29, 1.82) is 0 Å². The minimum atomic E-state index is 0.241. The van der Waals surface area contributed by atoms with Gasteiger partial charge in [-0.05, 0) is 76.6 Å². The monoisotopic (exact) mass is 375 g/mol. The highest BCUT2D eigenvalue weighted by Crippen LogP contribution is 2.32. The van der Waals surface area contributed by atoms with E-state index in [1.165, 1.54) is 0 Å². The number of hydrogen-bond donors (Lipinski definition) is 0. The first-order valence-electron chi connectivity index (χ1n) is 9.73. The second-order valence-electron chi connectivity index (χ2n) is 7.10. The number of nitrogens with zero attached hydrogens (tertiary/aromatic N) is 1. The Morgan fingerprint density at radius 2 is 1.74 bits per heavy atom. The van der Waals surface area contributed by atoms with Gasteiger partial charge in [-0.15, -0.1) is 0 Å². The van der Waals surface area contributed by atoms with Crippen LogP contribution >= 0.6 is 0 Å². The third kappa shape index (κ3) is 6.90. The zero-order valence-corrected chi connectivity index (χ0v) is 17.3. The van der Waals surface area contributed by atoms with Crippen LogP contribution in [0.5, 0.6) is 11.5 Å². The molecule has 0 atom stereocenters. The fourth-order valence-corrected chi connectivity index (χ4v) is 3.32. The molecule has 0 unspecified atom stereocenters. The zero-order chi connectivity index (χ0) is 19.6. The molecule has 2 rings (SSSR count). The Hall–Kier alpha value is -2.01. The van der Waals surface area contributed by atoms with Crippen molar-refractivity contribution < 1.29 is 19.0 Å². The lowest BCUT2D eigenvalue weighted by Gasteiger charge is -2.30. The van der Waals surface area contributed by atoms with Gasteiger partial charge in [0.25, 0.3) is 0 Å². The van der Waals surface area contributed by atoms with Gasteiger partial charge in [-0.25, -0.2) is 0 Å². The molecule has 0 aliphatic heterocycles. The molecule has 1 aliphatic rings. The summed E-state index contributed by atoms with van der Waals surface area (Å²) < 4.78 is 18.0. The van der Waals surface area contributed by atoms with Crippen molar-refractivity contribution in [1.82, 2.24) is 0 Å². The second-order valence-corrected chi connectivity index (χ2v) is 7.10. The van der Waals surface area contributed by atoms with Crippen LogP contribution < -0.4 is 9.47 Å². The Bertz CT molecular complexity index is 623. The van der Waals surface area contributed by atoms with Crippen molar-refractivity contribution in [3.05, 3.63) is 35.4 Å². The van der Waals surface area contributed by atoms with Crippen LogP contribution in [0.1, 0.15) is 50.7 Å². The van der Waals surface area contributed by atoms with E-state index in [-0.39, 0.29) is 12.2 Å². The van der Waals surface area contributed by atoms with Crippen LogP contribution in [0.4, 0.5) is 0 Å². The molecule has 1 aromatic rings. The van der Waals surface area contributed by atoms with E-state index in [0.29, 0.717) is 13.2 Å². The summed E-state index contributed by atoms with van der Waals surface area (Å²) in [5, 5.41) is 3.88. The van der Waals surface area contributed by atoms with Crippen molar-refractivity contribution in [3.8, 4) is 11.5 Å². The minimum Gasteiger partial charge on any atom is -0.490 e. The van der Waals surface area contributed by atoms with E-state index in [4.69, 9.17) is 19.0 Å². The number of allylic oxidation sites excluding steroid dienone is 1. The largest absolute Gasteiger partial charge is 0.490 e. The summed E-state index contributed by atoms with van der Waals surface area (Å²) in [6.45, 7) is 9.18. The smallest absolute Gasteiger partial charge is 0.125 e. The van der Waals surface area contributed by atoms with E-state index in [0.717, 1.165) is 54.0 Å². The molecule has 150 valence electrons. The predicted molar refractivity (Wildman–Crippen MR) is 109 cm³/mol. The summed E-state index contributed by atoms with van der Waals surface area (Å²) in [7, 11) is 1.55. The van der Waals surface area contributed by atoms with Gasteiger partial charge in [0.05, 0.1) is 24.5 Å². The molecule has 1 aromatic carbocycles. The molecule has 0 saturated heterocycles. The molecular weight excluding hydrogens is 342 g/mol. The third-order valence-electron chi connectivity index (χ3n) is 4.70. The first kappa shape index (κ1) is 21.3. The van der Waals surface area contributed by atoms with Gasteiger partial charge < -0.3 is 19.0 Å². The molecule has 0 amide bonds. The maximum Gasteiger partial charge on any atom is 0.125 e. The number of benzene rings is 1. The van der Waals surface area contributed by atoms with E-state index in [9.17, 15) is 0 Å². The molecule has 1 aliphatic carbocycles. The summed E-state index contributed by atoms with van der Waals surface area (Å²) in [6, 6.07) is 4.11. The lowest BCUT2D eigenvalue weighted by molar-refractivity contribution is 0.0190. The number of rotatable bonds is 9. The summed E-state index contributed by atoms with van der Waals surface area (Å²) in [5.74, 6) is 1.88. The average Bonchev–Trinajstić information content (AvgIpc) is 2.64. The number of oxime groups is 1. The van der Waals surface area contributed by atoms with Crippen molar-refractivity contribution >= 4 is 5.71 Å². The van der Waals surface area contributed by atoms with Gasteiger partial charge in [0.1, 0.15) is 25.2 Å². The van der Waals surface area contributed by atoms with Gasteiger partial charge in [0, 0.05) is 0 Å². The standard InChI is InChI=1S/C22H33NO4/c1-6-7-12-25-21-13-16(2)22(17(3)14-21)27-20-10-8-19(9-11-20)26-15-18(4)23-24-5/h6-7,13-14,19-20H,8-12,15H2,1-5H3/b7-6+,23-18-. The quantitative estimate of drug-likeness (QED) is 0.347. The molecule has 5 nitrogen and oxygen atoms in total. The third-order valence-corrected chi connectivity index (χ3v) is 4.70. The second kappa shape index (κ2) is 11.0. The van der Waals surface area contributed by atoms with E-state index < -0.39 is 0 Å². The highest BCUT2D eigenvalue weighted by Gasteiger charge is 2.24. The Balaban J connectivity index is 1.85. The molecule has 0 spiro atoms. The normalized spacial score (nSPS) is 20.7. The van der Waals surface area contributed by atoms with Crippen LogP contribution in [-0.4, -0.2) is 38.2 Å². The van der Waals surface area contributed by atoms with Gasteiger partial charge in [-0.3, -0.25) is 0 Å². The molecule has 27 heavy (non-hydrogen) atoms. The summed E-state index contributed by atoms with van der Waals surface area (Å²) in [4.78, 5) is 4.76. The molecule has 1 fully saturated rings. The van der Waals surface area contributed by atoms with Crippen LogP contribution in [0.2, 0.25) is 0 Å². The van der Waals surface area contributed by atoms with Crippen molar-refractivity contribution in [2.75, 3.05) is 20.3 Å². The van der Waals surface area contributed by atoms with E-state index in [2.05, 4.69) is 31.1 Å². The van der Waals surface area contributed by atoms with E-state index >= 15 is 0 Å². The molecule has 1 saturated carbocycles. The first-order valence-corrected chi connectivity index (χ1v) is 9.73. The number of ether oxygens (including phenoxy) is 3. The summed E-state index contributed by atoms with van der Waals surface area (Å²) in [6.07, 6.45) is 8.53. The highest BCUT2D eigenvalue weighted by molar-refractivity contribution is 5.82. The van der Waals surface area contributed by atoms with Crippen LogP contribution in [-0.2, 0) is 9.57 Å². The van der Waals surface area contributed by atoms with Crippen LogP contribution in [0.3, 0.4) is 0 Å². The molecule has 0 radical (unpaired) electrons. The summed E-state index contributed by atoms with van der Waals surface area (Å²) in [5.41, 5.74) is 3.10. The lowest BCUT2D eigenvalue weighted by atomic mass is 9.94. The molecule has 0 N–H and O–H groups in total. The van der Waals surface area contributed by atoms with Crippen LogP contribution in [0.15, 0.2) is 29.4 Å². The van der Waals surface area contributed by atoms with Gasteiger partial charge in [0.15, 0.2) is 0 Å². The van der Waals surface area contributed by atoms with Gasteiger partial charge in [-0.2, -0.15) is 0 Å². The topological polar surface area (TPSA) is 49.3 Å². The van der Waals surface area contributed by atoms with Crippen LogP contribution in [0, 0.1) is 13.8 Å². The van der Waals surface area contributed by atoms with Gasteiger partial charge in [-0.1, -0.05) is 17.3 Å². The SMILES string of the molecule is C/C=C/COc1cc(C)c(OC2CCC(OC/C(C)=N\OC)CC2)c(C)c1. The van der Waals surface area contributed by atoms with Crippen molar-refractivity contribution in [2.24, 2.45) is 5.16 Å². The molecule has 0 aromatic heterocycles. The number of hydrogen-bond acceptors (Lipinski definition) is 5. The minimum absolute atomic E-state index is 0.241. The van der Waals surface area contributed by atoms with Gasteiger partial charge in [0.2, 0.25) is 0 Å². The fourth-order valence-electron chi connectivity index (χ4n) is 3.32.